The van der Waals surface area contributed by atoms with Crippen molar-refractivity contribution in [3.63, 3.8) is 0 Å². The summed E-state index contributed by atoms with van der Waals surface area (Å²) in [5.74, 6) is -1.67. The zero-order valence-corrected chi connectivity index (χ0v) is 15.0. The molecular weight excluding hydrogens is 366 g/mol. The number of hydrogen-bond donors (Lipinski definition) is 2. The highest BCUT2D eigenvalue weighted by Gasteiger charge is 2.18. The van der Waals surface area contributed by atoms with Crippen molar-refractivity contribution in [3.05, 3.63) is 29.8 Å². The zero-order valence-electron chi connectivity index (χ0n) is 15.0. The number of rotatable bonds is 8. The number of halogens is 2. The molecular formula is C17H20F2N2O6. The van der Waals surface area contributed by atoms with Crippen molar-refractivity contribution in [1.29, 1.82) is 0 Å². The van der Waals surface area contributed by atoms with Crippen molar-refractivity contribution >= 4 is 24.0 Å². The molecule has 0 radical (unpaired) electrons. The summed E-state index contributed by atoms with van der Waals surface area (Å²) >= 11 is 0. The number of hydrogen-bond acceptors (Lipinski definition) is 6. The molecule has 10 heteroatoms. The number of urea groups is 1. The molecule has 27 heavy (non-hydrogen) atoms. The van der Waals surface area contributed by atoms with Crippen LogP contribution in [-0.2, 0) is 14.3 Å². The molecule has 0 bridgehead atoms. The van der Waals surface area contributed by atoms with Crippen LogP contribution in [-0.4, -0.2) is 44.3 Å². The molecule has 0 aliphatic carbocycles. The lowest BCUT2D eigenvalue weighted by Crippen LogP contribution is -2.43. The van der Waals surface area contributed by atoms with Gasteiger partial charge in [-0.2, -0.15) is 8.78 Å². The van der Waals surface area contributed by atoms with E-state index < -0.39 is 30.6 Å². The van der Waals surface area contributed by atoms with E-state index in [2.05, 4.69) is 10.1 Å². The molecule has 0 saturated heterocycles. The summed E-state index contributed by atoms with van der Waals surface area (Å²) in [5.41, 5.74) is 0.458. The smallest absolute Gasteiger partial charge is 0.387 e. The lowest BCUT2D eigenvalue weighted by Gasteiger charge is -2.12. The lowest BCUT2D eigenvalue weighted by atomic mass is 10.2. The molecule has 0 heterocycles. The van der Waals surface area contributed by atoms with Crippen molar-refractivity contribution in [1.82, 2.24) is 10.6 Å². The van der Waals surface area contributed by atoms with Gasteiger partial charge in [-0.05, 0) is 37.6 Å². The van der Waals surface area contributed by atoms with Gasteiger partial charge in [0.1, 0.15) is 0 Å². The topological polar surface area (TPSA) is 103 Å². The Bertz CT molecular complexity index is 709. The molecule has 0 aromatic heterocycles. The van der Waals surface area contributed by atoms with Gasteiger partial charge in [0.15, 0.2) is 17.6 Å². The predicted molar refractivity (Wildman–Crippen MR) is 91.4 cm³/mol. The van der Waals surface area contributed by atoms with E-state index in [0.29, 0.717) is 5.56 Å². The van der Waals surface area contributed by atoms with Gasteiger partial charge in [-0.15, -0.1) is 0 Å². The van der Waals surface area contributed by atoms with Crippen LogP contribution in [0.15, 0.2) is 24.3 Å². The average molecular weight is 386 g/mol. The molecule has 1 atom stereocenters. The van der Waals surface area contributed by atoms with Crippen LogP contribution in [0, 0.1) is 0 Å². The Hall–Kier alpha value is -3.17. The van der Waals surface area contributed by atoms with Gasteiger partial charge in [-0.3, -0.25) is 10.1 Å². The van der Waals surface area contributed by atoms with E-state index in [1.165, 1.54) is 38.2 Å². The van der Waals surface area contributed by atoms with E-state index in [1.54, 1.807) is 6.92 Å². The van der Waals surface area contributed by atoms with E-state index >= 15 is 0 Å². The van der Waals surface area contributed by atoms with Gasteiger partial charge in [0.25, 0.3) is 5.91 Å². The minimum absolute atomic E-state index is 0.0895. The van der Waals surface area contributed by atoms with Crippen LogP contribution in [0.3, 0.4) is 0 Å². The second kappa shape index (κ2) is 10.7. The Kier molecular flexibility index (Phi) is 8.70. The maximum absolute atomic E-state index is 12.4. The van der Waals surface area contributed by atoms with Crippen LogP contribution in [0.2, 0.25) is 0 Å². The maximum atomic E-state index is 12.4. The van der Waals surface area contributed by atoms with E-state index in [0.717, 1.165) is 6.08 Å². The Balaban J connectivity index is 2.74. The third-order valence-corrected chi connectivity index (χ3v) is 3.02. The minimum atomic E-state index is -3.00. The van der Waals surface area contributed by atoms with E-state index in [4.69, 9.17) is 9.47 Å². The molecule has 3 amide bonds. The molecule has 148 valence electrons. The number of nitrogens with one attached hydrogen (secondary N) is 2. The number of ether oxygens (including phenoxy) is 3. The first-order chi connectivity index (χ1) is 12.8. The highest BCUT2D eigenvalue weighted by Crippen LogP contribution is 2.30. The highest BCUT2D eigenvalue weighted by atomic mass is 19.3. The molecule has 2 N–H and O–H groups in total. The summed E-state index contributed by atoms with van der Waals surface area (Å²) in [7, 11) is 1.33. The predicted octanol–water partition coefficient (Wildman–Crippen LogP) is 2.09. The van der Waals surface area contributed by atoms with Crippen molar-refractivity contribution < 1.29 is 37.4 Å². The lowest BCUT2D eigenvalue weighted by molar-refractivity contribution is -0.149. The third-order valence-electron chi connectivity index (χ3n) is 3.02. The van der Waals surface area contributed by atoms with Crippen LogP contribution in [0.5, 0.6) is 11.5 Å². The molecule has 1 aromatic rings. The summed E-state index contributed by atoms with van der Waals surface area (Å²) in [5, 5.41) is 4.16. The molecule has 8 nitrogen and oxygen atoms in total. The van der Waals surface area contributed by atoms with Crippen molar-refractivity contribution in [2.45, 2.75) is 26.6 Å². The van der Waals surface area contributed by atoms with Crippen LogP contribution in [0.1, 0.15) is 19.4 Å². The number of carbonyl (C=O) groups is 3. The number of alkyl halides is 2. The molecule has 0 unspecified atom stereocenters. The van der Waals surface area contributed by atoms with Crippen molar-refractivity contribution in [2.75, 3.05) is 13.7 Å². The molecule has 1 aromatic carbocycles. The summed E-state index contributed by atoms with van der Waals surface area (Å²) in [6.07, 6.45) is 1.20. The SMILES string of the molecule is CCOc1cc(/C=C/C(=O)O[C@H](C)C(=O)NC(=O)NC)ccc1OC(F)F. The monoisotopic (exact) mass is 386 g/mol. The average Bonchev–Trinajstić information content (AvgIpc) is 2.61. The number of amides is 3. The second-order valence-electron chi connectivity index (χ2n) is 5.00. The highest BCUT2D eigenvalue weighted by molar-refractivity contribution is 5.97. The van der Waals surface area contributed by atoms with Gasteiger partial charge in [-0.25, -0.2) is 9.59 Å². The Morgan fingerprint density at radius 2 is 1.93 bits per heavy atom. The summed E-state index contributed by atoms with van der Waals surface area (Å²) < 4.78 is 39.2. The van der Waals surface area contributed by atoms with Crippen molar-refractivity contribution in [2.24, 2.45) is 0 Å². The molecule has 0 spiro atoms. The quantitative estimate of drug-likeness (QED) is 0.524. The summed E-state index contributed by atoms with van der Waals surface area (Å²) in [6, 6.07) is 3.40. The van der Waals surface area contributed by atoms with E-state index in [9.17, 15) is 23.2 Å². The second-order valence-corrected chi connectivity index (χ2v) is 5.00. The Morgan fingerprint density at radius 1 is 1.22 bits per heavy atom. The first kappa shape index (κ1) is 21.9. The largest absolute Gasteiger partial charge is 0.490 e. The first-order valence-electron chi connectivity index (χ1n) is 7.89. The van der Waals surface area contributed by atoms with Gasteiger partial charge >= 0.3 is 18.6 Å². The van der Waals surface area contributed by atoms with Crippen LogP contribution in [0.4, 0.5) is 13.6 Å². The van der Waals surface area contributed by atoms with Gasteiger partial charge in [0.05, 0.1) is 6.61 Å². The first-order valence-corrected chi connectivity index (χ1v) is 7.89. The number of benzene rings is 1. The number of imide groups is 1. The standard InChI is InChI=1S/C17H20F2N2O6/c1-4-25-13-9-11(5-7-12(13)27-16(18)19)6-8-14(22)26-10(2)15(23)21-17(24)20-3/h5-10,16H,4H2,1-3H3,(H2,20,21,23,24)/b8-6+/t10-/m1/s1. The van der Waals surface area contributed by atoms with E-state index in [1.807, 2.05) is 5.32 Å². The maximum Gasteiger partial charge on any atom is 0.387 e. The number of carbonyl (C=O) groups excluding carboxylic acids is 3. The van der Waals surface area contributed by atoms with Gasteiger partial charge in [0, 0.05) is 13.1 Å². The van der Waals surface area contributed by atoms with Gasteiger partial charge in [-0.1, -0.05) is 6.07 Å². The van der Waals surface area contributed by atoms with Gasteiger partial charge < -0.3 is 19.5 Å². The molecule has 1 rings (SSSR count). The minimum Gasteiger partial charge on any atom is -0.490 e. The van der Waals surface area contributed by atoms with Crippen molar-refractivity contribution in [3.8, 4) is 11.5 Å². The normalized spacial score (nSPS) is 11.8. The third kappa shape index (κ3) is 7.72. The molecule has 0 aliphatic heterocycles. The fourth-order valence-electron chi connectivity index (χ4n) is 1.80. The summed E-state index contributed by atoms with van der Waals surface area (Å²) in [6.45, 7) is 0.209. The van der Waals surface area contributed by atoms with Crippen LogP contribution >= 0.6 is 0 Å². The summed E-state index contributed by atoms with van der Waals surface area (Å²) in [4.78, 5) is 34.4. The van der Waals surface area contributed by atoms with Crippen LogP contribution in [0.25, 0.3) is 6.08 Å². The molecule has 0 fully saturated rings. The number of esters is 1. The van der Waals surface area contributed by atoms with Gasteiger partial charge in [0.2, 0.25) is 0 Å². The molecule has 0 aliphatic rings. The fraction of sp³-hybridized carbons (Fsp3) is 0.353. The van der Waals surface area contributed by atoms with Crippen LogP contribution < -0.4 is 20.1 Å². The zero-order chi connectivity index (χ0) is 20.4. The van der Waals surface area contributed by atoms with E-state index in [-0.39, 0.29) is 18.1 Å². The Labute approximate surface area is 154 Å². The molecule has 0 saturated carbocycles. The Morgan fingerprint density at radius 3 is 2.52 bits per heavy atom. The fourth-order valence-corrected chi connectivity index (χ4v) is 1.80.